The highest BCUT2D eigenvalue weighted by Gasteiger charge is 2.78. The normalized spacial score (nSPS) is 39.6. The van der Waals surface area contributed by atoms with Crippen molar-refractivity contribution in [3.05, 3.63) is 22.7 Å². The van der Waals surface area contributed by atoms with Crippen molar-refractivity contribution in [3.63, 3.8) is 0 Å². The smallest absolute Gasteiger partial charge is 0.330 e. The SMILES string of the molecule is C=CC(=O)OCC1CC2(Cl)C(Cl)=C(Cl)C1(Cl)C2(Cl)Cl. The van der Waals surface area contributed by atoms with E-state index in [1.165, 1.54) is 0 Å². The number of alkyl halides is 4. The minimum Gasteiger partial charge on any atom is -0.462 e. The number of allylic oxidation sites excluding steroid dienone is 2. The summed E-state index contributed by atoms with van der Waals surface area (Å²) in [6.45, 7) is 3.27. The van der Waals surface area contributed by atoms with Gasteiger partial charge in [0.2, 0.25) is 0 Å². The second-order valence-corrected chi connectivity index (χ2v) is 7.78. The zero-order chi connectivity index (χ0) is 14.6. The molecule has 2 aliphatic carbocycles. The quantitative estimate of drug-likeness (QED) is 0.405. The molecule has 0 aliphatic heterocycles. The van der Waals surface area contributed by atoms with Gasteiger partial charge >= 0.3 is 5.97 Å². The van der Waals surface area contributed by atoms with E-state index in [1.54, 1.807) is 0 Å². The van der Waals surface area contributed by atoms with Gasteiger partial charge in [0.05, 0.1) is 16.7 Å². The maximum absolute atomic E-state index is 11.1. The molecule has 106 valence electrons. The highest BCUT2D eigenvalue weighted by molar-refractivity contribution is 6.65. The fourth-order valence-corrected chi connectivity index (χ4v) is 5.28. The van der Waals surface area contributed by atoms with Crippen LogP contribution in [-0.4, -0.2) is 26.7 Å². The highest BCUT2D eigenvalue weighted by Crippen LogP contribution is 2.74. The lowest BCUT2D eigenvalue weighted by atomic mass is 9.93. The Kier molecular flexibility index (Phi) is 4.11. The predicted octanol–water partition coefficient (Wildman–Crippen LogP) is 4.57. The molecule has 2 bridgehead atoms. The van der Waals surface area contributed by atoms with Gasteiger partial charge in [-0.15, -0.1) is 23.2 Å². The molecule has 8 heteroatoms. The molecule has 0 heterocycles. The van der Waals surface area contributed by atoms with Gasteiger partial charge in [-0.05, 0) is 6.42 Å². The van der Waals surface area contributed by atoms with Crippen LogP contribution >= 0.6 is 69.6 Å². The summed E-state index contributed by atoms with van der Waals surface area (Å²) >= 11 is 37.6. The monoisotopic (exact) mass is 382 g/mol. The van der Waals surface area contributed by atoms with Crippen LogP contribution < -0.4 is 0 Å². The third kappa shape index (κ3) is 1.88. The number of rotatable bonds is 3. The minimum atomic E-state index is -1.58. The van der Waals surface area contributed by atoms with Crippen molar-refractivity contribution in [2.75, 3.05) is 6.61 Å². The lowest BCUT2D eigenvalue weighted by Crippen LogP contribution is -2.45. The number of carbonyl (C=O) groups excluding carboxylic acids is 1. The van der Waals surface area contributed by atoms with Crippen molar-refractivity contribution in [3.8, 4) is 0 Å². The lowest BCUT2D eigenvalue weighted by Gasteiger charge is -2.33. The molecule has 3 atom stereocenters. The van der Waals surface area contributed by atoms with Gasteiger partial charge < -0.3 is 4.74 Å². The van der Waals surface area contributed by atoms with E-state index in [9.17, 15) is 4.79 Å². The van der Waals surface area contributed by atoms with E-state index in [0.29, 0.717) is 0 Å². The number of halogens is 6. The number of fused-ring (bicyclic) bond motifs is 2. The highest BCUT2D eigenvalue weighted by atomic mass is 35.5. The molecule has 0 radical (unpaired) electrons. The summed E-state index contributed by atoms with van der Waals surface area (Å²) < 4.78 is 3.39. The average molecular weight is 385 g/mol. The Bertz CT molecular complexity index is 488. The molecule has 1 fully saturated rings. The first kappa shape index (κ1) is 16.1. The Morgan fingerprint density at radius 2 is 1.89 bits per heavy atom. The second kappa shape index (κ2) is 4.86. The van der Waals surface area contributed by atoms with Crippen molar-refractivity contribution in [2.45, 2.75) is 20.5 Å². The molecule has 0 amide bonds. The van der Waals surface area contributed by atoms with Crippen LogP contribution in [0.4, 0.5) is 0 Å². The van der Waals surface area contributed by atoms with E-state index in [0.717, 1.165) is 6.08 Å². The summed E-state index contributed by atoms with van der Waals surface area (Å²) in [5, 5.41) is 0.240. The van der Waals surface area contributed by atoms with Gasteiger partial charge in [-0.2, -0.15) is 0 Å². The Balaban J connectivity index is 2.34. The van der Waals surface area contributed by atoms with Gasteiger partial charge in [-0.3, -0.25) is 0 Å². The van der Waals surface area contributed by atoms with Gasteiger partial charge in [0.25, 0.3) is 0 Å². The van der Waals surface area contributed by atoms with Crippen LogP contribution in [0.3, 0.4) is 0 Å². The lowest BCUT2D eigenvalue weighted by molar-refractivity contribution is -0.139. The Labute approximate surface area is 140 Å². The third-order valence-electron chi connectivity index (χ3n) is 3.50. The molecule has 0 spiro atoms. The fraction of sp³-hybridized carbons (Fsp3) is 0.545. The number of hydrogen-bond donors (Lipinski definition) is 0. The first-order valence-electron chi connectivity index (χ1n) is 5.24. The number of carbonyl (C=O) groups is 1. The van der Waals surface area contributed by atoms with Gasteiger partial charge in [0.15, 0.2) is 4.33 Å². The van der Waals surface area contributed by atoms with Crippen molar-refractivity contribution in [1.29, 1.82) is 0 Å². The molecule has 0 saturated heterocycles. The summed E-state index contributed by atoms with van der Waals surface area (Å²) in [6.07, 6.45) is 1.30. The molecule has 1 saturated carbocycles. The first-order valence-corrected chi connectivity index (χ1v) is 7.50. The third-order valence-corrected chi connectivity index (χ3v) is 7.82. The van der Waals surface area contributed by atoms with Crippen LogP contribution in [-0.2, 0) is 9.53 Å². The van der Waals surface area contributed by atoms with Gasteiger partial charge in [0.1, 0.15) is 9.75 Å². The summed E-state index contributed by atoms with van der Waals surface area (Å²) in [6, 6.07) is 0. The summed E-state index contributed by atoms with van der Waals surface area (Å²) in [4.78, 5) is 8.46. The molecule has 2 rings (SSSR count). The molecule has 0 aromatic carbocycles. The zero-order valence-corrected chi connectivity index (χ0v) is 13.9. The summed E-state index contributed by atoms with van der Waals surface area (Å²) in [5.74, 6) is -1.02. The first-order chi connectivity index (χ1) is 8.63. The van der Waals surface area contributed by atoms with E-state index in [1.807, 2.05) is 0 Å². The van der Waals surface area contributed by atoms with Crippen molar-refractivity contribution >= 4 is 75.6 Å². The van der Waals surface area contributed by atoms with E-state index >= 15 is 0 Å². The standard InChI is InChI=1S/C11H8Cl6O2/c1-2-6(18)19-4-5-3-9(14)7(12)8(13)10(5,15)11(9,16)17/h2,5H,1,3-4H2. The van der Waals surface area contributed by atoms with E-state index in [-0.39, 0.29) is 23.1 Å². The van der Waals surface area contributed by atoms with E-state index in [4.69, 9.17) is 74.3 Å². The number of esters is 1. The minimum absolute atomic E-state index is 0.0234. The van der Waals surface area contributed by atoms with Gasteiger partial charge in [0, 0.05) is 12.0 Å². The van der Waals surface area contributed by atoms with E-state index < -0.39 is 26.0 Å². The van der Waals surface area contributed by atoms with Crippen LogP contribution in [0.5, 0.6) is 0 Å². The summed E-state index contributed by atoms with van der Waals surface area (Å²) in [7, 11) is 0. The Morgan fingerprint density at radius 1 is 1.32 bits per heavy atom. The maximum atomic E-state index is 11.1. The van der Waals surface area contributed by atoms with Gasteiger partial charge in [-0.1, -0.05) is 53.0 Å². The van der Waals surface area contributed by atoms with Crippen LogP contribution in [0.25, 0.3) is 0 Å². The fourth-order valence-electron chi connectivity index (χ4n) is 2.45. The molecule has 2 nitrogen and oxygen atoms in total. The van der Waals surface area contributed by atoms with Crippen LogP contribution in [0, 0.1) is 5.92 Å². The maximum Gasteiger partial charge on any atom is 0.330 e. The molecular weight excluding hydrogens is 377 g/mol. The molecule has 0 N–H and O–H groups in total. The Morgan fingerprint density at radius 3 is 2.32 bits per heavy atom. The molecule has 19 heavy (non-hydrogen) atoms. The molecular formula is C11H8Cl6O2. The molecule has 0 aromatic heterocycles. The van der Waals surface area contributed by atoms with Crippen LogP contribution in [0.2, 0.25) is 0 Å². The van der Waals surface area contributed by atoms with Crippen molar-refractivity contribution < 1.29 is 9.53 Å². The molecule has 0 aromatic rings. The number of hydrogen-bond acceptors (Lipinski definition) is 2. The van der Waals surface area contributed by atoms with E-state index in [2.05, 4.69) is 6.58 Å². The largest absolute Gasteiger partial charge is 0.462 e. The molecule has 2 aliphatic rings. The van der Waals surface area contributed by atoms with Gasteiger partial charge in [-0.25, -0.2) is 4.79 Å². The molecule has 3 unspecified atom stereocenters. The van der Waals surface area contributed by atoms with Crippen molar-refractivity contribution in [2.24, 2.45) is 5.92 Å². The van der Waals surface area contributed by atoms with Crippen molar-refractivity contribution in [1.82, 2.24) is 0 Å². The number of ether oxygens (including phenoxy) is 1. The average Bonchev–Trinajstić information content (AvgIpc) is 2.57. The second-order valence-electron chi connectivity index (χ2n) is 4.45. The van der Waals surface area contributed by atoms with Crippen LogP contribution in [0.15, 0.2) is 22.7 Å². The van der Waals surface area contributed by atoms with Crippen LogP contribution in [0.1, 0.15) is 6.42 Å². The summed E-state index contributed by atoms with van der Waals surface area (Å²) in [5.41, 5.74) is 0. The Hall–Kier alpha value is 0.690. The predicted molar refractivity (Wildman–Crippen MR) is 79.6 cm³/mol. The zero-order valence-electron chi connectivity index (χ0n) is 9.36. The topological polar surface area (TPSA) is 26.3 Å².